The maximum absolute atomic E-state index is 12.3. The zero-order valence-corrected chi connectivity index (χ0v) is 17.2. The lowest BCUT2D eigenvalue weighted by Crippen LogP contribution is -2.24. The summed E-state index contributed by atoms with van der Waals surface area (Å²) in [4.78, 5) is 24.3. The average Bonchev–Trinajstić information content (AvgIpc) is 2.59. The number of ether oxygens (including phenoxy) is 1. The normalized spacial score (nSPS) is 10.9. The second-order valence-electron chi connectivity index (χ2n) is 5.56. The van der Waals surface area contributed by atoms with Gasteiger partial charge in [-0.25, -0.2) is 13.2 Å². The number of amides is 1. The molecule has 0 spiro atoms. The van der Waals surface area contributed by atoms with Crippen molar-refractivity contribution in [2.75, 3.05) is 30.0 Å². The number of para-hydroxylation sites is 1. The van der Waals surface area contributed by atoms with Crippen LogP contribution in [0.3, 0.4) is 0 Å². The van der Waals surface area contributed by atoms with Crippen LogP contribution in [0.15, 0.2) is 51.8 Å². The summed E-state index contributed by atoms with van der Waals surface area (Å²) in [6.45, 7) is 1.73. The SMILES string of the molecule is CCOC(=O)c1ccccc1NC(=O)CNc1cccc(Br)c1S(C)(=O)=O. The van der Waals surface area contributed by atoms with Gasteiger partial charge in [-0.05, 0) is 47.1 Å². The van der Waals surface area contributed by atoms with Crippen molar-refractivity contribution in [2.24, 2.45) is 0 Å². The van der Waals surface area contributed by atoms with Gasteiger partial charge in [0.25, 0.3) is 0 Å². The lowest BCUT2D eigenvalue weighted by molar-refractivity contribution is -0.114. The fourth-order valence-corrected chi connectivity index (χ4v) is 4.58. The van der Waals surface area contributed by atoms with Crippen LogP contribution in [0.1, 0.15) is 17.3 Å². The van der Waals surface area contributed by atoms with Gasteiger partial charge in [-0.3, -0.25) is 4.79 Å². The van der Waals surface area contributed by atoms with Gasteiger partial charge in [-0.2, -0.15) is 0 Å². The molecule has 0 heterocycles. The molecule has 0 aliphatic heterocycles. The molecule has 0 aliphatic carbocycles. The predicted octanol–water partition coefficient (Wildman–Crippen LogP) is 3.08. The standard InChI is InChI=1S/C18H19BrN2O5S/c1-3-26-18(23)12-7-4-5-9-14(12)21-16(22)11-20-15-10-6-8-13(19)17(15)27(2,24)25/h4-10,20H,3,11H2,1-2H3,(H,21,22). The van der Waals surface area contributed by atoms with E-state index in [4.69, 9.17) is 4.74 Å². The van der Waals surface area contributed by atoms with Crippen LogP contribution >= 0.6 is 15.9 Å². The summed E-state index contributed by atoms with van der Waals surface area (Å²) in [6, 6.07) is 11.3. The van der Waals surface area contributed by atoms with Crippen LogP contribution in [0.4, 0.5) is 11.4 Å². The average molecular weight is 455 g/mol. The van der Waals surface area contributed by atoms with E-state index in [0.29, 0.717) is 15.8 Å². The highest BCUT2D eigenvalue weighted by Gasteiger charge is 2.18. The molecule has 0 saturated heterocycles. The van der Waals surface area contributed by atoms with E-state index in [-0.39, 0.29) is 23.6 Å². The molecule has 0 saturated carbocycles. The first-order valence-corrected chi connectivity index (χ1v) is 10.7. The Kier molecular flexibility index (Phi) is 6.98. The Balaban J connectivity index is 2.13. The summed E-state index contributed by atoms with van der Waals surface area (Å²) in [5.41, 5.74) is 0.869. The monoisotopic (exact) mass is 454 g/mol. The third-order valence-electron chi connectivity index (χ3n) is 3.47. The van der Waals surface area contributed by atoms with Gasteiger partial charge < -0.3 is 15.4 Å². The van der Waals surface area contributed by atoms with Crippen molar-refractivity contribution in [3.63, 3.8) is 0 Å². The molecule has 27 heavy (non-hydrogen) atoms. The summed E-state index contributed by atoms with van der Waals surface area (Å²) in [7, 11) is -3.50. The van der Waals surface area contributed by atoms with Crippen LogP contribution < -0.4 is 10.6 Å². The number of benzene rings is 2. The smallest absolute Gasteiger partial charge is 0.340 e. The number of rotatable bonds is 7. The molecule has 0 bridgehead atoms. The molecule has 2 aromatic carbocycles. The van der Waals surface area contributed by atoms with Crippen LogP contribution in [0.5, 0.6) is 0 Å². The topological polar surface area (TPSA) is 102 Å². The number of halogens is 1. The second kappa shape index (κ2) is 9.01. The summed E-state index contributed by atoms with van der Waals surface area (Å²) >= 11 is 3.21. The summed E-state index contributed by atoms with van der Waals surface area (Å²) in [6.07, 6.45) is 1.09. The van der Waals surface area contributed by atoms with Gasteiger partial charge in [0.15, 0.2) is 9.84 Å². The molecule has 2 N–H and O–H groups in total. The van der Waals surface area contributed by atoms with Crippen LogP contribution in [0.2, 0.25) is 0 Å². The summed E-state index contributed by atoms with van der Waals surface area (Å²) < 4.78 is 29.3. The molecule has 0 aliphatic rings. The Labute approximate surface area is 166 Å². The van der Waals surface area contributed by atoms with E-state index < -0.39 is 21.7 Å². The molecule has 2 aromatic rings. The maximum atomic E-state index is 12.3. The van der Waals surface area contributed by atoms with Crippen LogP contribution in [-0.2, 0) is 19.4 Å². The van der Waals surface area contributed by atoms with Gasteiger partial charge in [0.2, 0.25) is 5.91 Å². The number of esters is 1. The fraction of sp³-hybridized carbons (Fsp3) is 0.222. The molecule has 144 valence electrons. The van der Waals surface area contributed by atoms with Crippen molar-refractivity contribution < 1.29 is 22.7 Å². The molecule has 9 heteroatoms. The van der Waals surface area contributed by atoms with E-state index in [0.717, 1.165) is 6.26 Å². The lowest BCUT2D eigenvalue weighted by atomic mass is 10.2. The third-order valence-corrected chi connectivity index (χ3v) is 5.58. The molecule has 0 radical (unpaired) electrons. The van der Waals surface area contributed by atoms with Gasteiger partial charge in [0.05, 0.1) is 30.1 Å². The van der Waals surface area contributed by atoms with Gasteiger partial charge in [0, 0.05) is 10.7 Å². The summed E-state index contributed by atoms with van der Waals surface area (Å²) in [5, 5.41) is 5.45. The number of nitrogens with one attached hydrogen (secondary N) is 2. The predicted molar refractivity (Wildman–Crippen MR) is 107 cm³/mol. The maximum Gasteiger partial charge on any atom is 0.340 e. The van der Waals surface area contributed by atoms with E-state index in [1.807, 2.05) is 0 Å². The first kappa shape index (κ1) is 20.9. The Bertz CT molecular complexity index is 960. The Hall–Kier alpha value is -2.39. The first-order valence-electron chi connectivity index (χ1n) is 8.02. The van der Waals surface area contributed by atoms with E-state index in [1.54, 1.807) is 49.4 Å². The van der Waals surface area contributed by atoms with Crippen LogP contribution in [-0.4, -0.2) is 39.7 Å². The molecular formula is C18H19BrN2O5S. The van der Waals surface area contributed by atoms with Crippen molar-refractivity contribution >= 4 is 49.0 Å². The van der Waals surface area contributed by atoms with Gasteiger partial charge in [0.1, 0.15) is 4.90 Å². The Morgan fingerprint density at radius 3 is 2.41 bits per heavy atom. The molecule has 0 aromatic heterocycles. The number of carbonyl (C=O) groups is 2. The van der Waals surface area contributed by atoms with Crippen LogP contribution in [0, 0.1) is 0 Å². The number of hydrogen-bond acceptors (Lipinski definition) is 6. The number of sulfone groups is 1. The van der Waals surface area contributed by atoms with Gasteiger partial charge >= 0.3 is 5.97 Å². The largest absolute Gasteiger partial charge is 0.462 e. The molecule has 1 amide bonds. The number of hydrogen-bond donors (Lipinski definition) is 2. The molecule has 0 unspecified atom stereocenters. The van der Waals surface area contributed by atoms with E-state index in [2.05, 4.69) is 26.6 Å². The van der Waals surface area contributed by atoms with Crippen LogP contribution in [0.25, 0.3) is 0 Å². The minimum absolute atomic E-state index is 0.0738. The zero-order valence-electron chi connectivity index (χ0n) is 14.8. The lowest BCUT2D eigenvalue weighted by Gasteiger charge is -2.13. The molecule has 2 rings (SSSR count). The minimum Gasteiger partial charge on any atom is -0.462 e. The minimum atomic E-state index is -3.50. The van der Waals surface area contributed by atoms with Crippen molar-refractivity contribution in [3.8, 4) is 0 Å². The molecular weight excluding hydrogens is 436 g/mol. The first-order chi connectivity index (χ1) is 12.7. The zero-order chi connectivity index (χ0) is 20.0. The Morgan fingerprint density at radius 1 is 1.07 bits per heavy atom. The third kappa shape index (κ3) is 5.54. The van der Waals surface area contributed by atoms with E-state index in [9.17, 15) is 18.0 Å². The highest BCUT2D eigenvalue weighted by Crippen LogP contribution is 2.29. The molecule has 0 fully saturated rings. The number of carbonyl (C=O) groups excluding carboxylic acids is 2. The number of anilines is 2. The van der Waals surface area contributed by atoms with Crippen molar-refractivity contribution in [3.05, 3.63) is 52.5 Å². The van der Waals surface area contributed by atoms with Crippen molar-refractivity contribution in [1.29, 1.82) is 0 Å². The highest BCUT2D eigenvalue weighted by atomic mass is 79.9. The van der Waals surface area contributed by atoms with Gasteiger partial charge in [-0.15, -0.1) is 0 Å². The van der Waals surface area contributed by atoms with Gasteiger partial charge in [-0.1, -0.05) is 18.2 Å². The fourth-order valence-electron chi connectivity index (χ4n) is 2.37. The second-order valence-corrected chi connectivity index (χ2v) is 8.36. The molecule has 0 atom stereocenters. The van der Waals surface area contributed by atoms with Crippen molar-refractivity contribution in [2.45, 2.75) is 11.8 Å². The Morgan fingerprint density at radius 2 is 1.74 bits per heavy atom. The highest BCUT2D eigenvalue weighted by molar-refractivity contribution is 9.10. The van der Waals surface area contributed by atoms with E-state index >= 15 is 0 Å². The molecule has 7 nitrogen and oxygen atoms in total. The van der Waals surface area contributed by atoms with E-state index in [1.165, 1.54) is 0 Å². The summed E-state index contributed by atoms with van der Waals surface area (Å²) in [5.74, 6) is -0.973. The quantitative estimate of drug-likeness (QED) is 0.623. The van der Waals surface area contributed by atoms with Crippen molar-refractivity contribution in [1.82, 2.24) is 0 Å².